The summed E-state index contributed by atoms with van der Waals surface area (Å²) in [5.74, 6) is 0.571. The second kappa shape index (κ2) is 8.75. The van der Waals surface area contributed by atoms with E-state index in [1.54, 1.807) is 12.1 Å². The van der Waals surface area contributed by atoms with Gasteiger partial charge >= 0.3 is 0 Å². The lowest BCUT2D eigenvalue weighted by molar-refractivity contribution is 0.302. The van der Waals surface area contributed by atoms with Crippen LogP contribution in [0.15, 0.2) is 50.7 Å². The van der Waals surface area contributed by atoms with Crippen molar-refractivity contribution in [1.29, 1.82) is 5.26 Å². The Morgan fingerprint density at radius 2 is 1.97 bits per heavy atom. The van der Waals surface area contributed by atoms with Gasteiger partial charge < -0.3 is 15.2 Å². The SMILES string of the molecule is Cc1[nH]nc2c1[C@@H](c1cc(Br)c(OCc3ccc(Cl)cc3Cl)c(Br)c1)C(C#N)=C(N)O2. The van der Waals surface area contributed by atoms with Crippen molar-refractivity contribution < 1.29 is 9.47 Å². The number of fused-ring (bicyclic) bond motifs is 1. The first-order valence-electron chi connectivity index (χ1n) is 8.98. The number of rotatable bonds is 4. The summed E-state index contributed by atoms with van der Waals surface area (Å²) in [5, 5.41) is 17.9. The number of nitrogens with zero attached hydrogens (tertiary/aromatic N) is 2. The minimum Gasteiger partial charge on any atom is -0.486 e. The number of H-pyrrole nitrogens is 1. The molecule has 3 N–H and O–H groups in total. The third kappa shape index (κ3) is 4.15. The molecule has 1 aliphatic heterocycles. The monoisotopic (exact) mass is 582 g/mol. The van der Waals surface area contributed by atoms with Crippen LogP contribution in [-0.2, 0) is 6.61 Å². The van der Waals surface area contributed by atoms with Crippen LogP contribution in [0.1, 0.15) is 28.3 Å². The van der Waals surface area contributed by atoms with Gasteiger partial charge in [0.1, 0.15) is 24.0 Å². The number of aryl methyl sites for hydroxylation is 1. The van der Waals surface area contributed by atoms with Gasteiger partial charge in [-0.15, -0.1) is 5.10 Å². The van der Waals surface area contributed by atoms with Crippen molar-refractivity contribution in [3.8, 4) is 17.7 Å². The summed E-state index contributed by atoms with van der Waals surface area (Å²) < 4.78 is 12.9. The molecule has 2 aromatic carbocycles. The van der Waals surface area contributed by atoms with Crippen LogP contribution in [0.4, 0.5) is 0 Å². The molecule has 0 aliphatic carbocycles. The normalized spacial score (nSPS) is 15.3. The second-order valence-corrected chi connectivity index (χ2v) is 9.38. The summed E-state index contributed by atoms with van der Waals surface area (Å²) in [6, 6.07) is 11.2. The third-order valence-electron chi connectivity index (χ3n) is 4.87. The maximum absolute atomic E-state index is 9.73. The molecule has 0 unspecified atom stereocenters. The van der Waals surface area contributed by atoms with Crippen molar-refractivity contribution in [2.24, 2.45) is 5.73 Å². The molecular weight excluding hydrogens is 571 g/mol. The van der Waals surface area contributed by atoms with E-state index in [4.69, 9.17) is 38.4 Å². The number of benzene rings is 2. The number of hydrogen-bond donors (Lipinski definition) is 2. The summed E-state index contributed by atoms with van der Waals surface area (Å²) in [5.41, 5.74) is 9.51. The number of ether oxygens (including phenoxy) is 2. The van der Waals surface area contributed by atoms with E-state index in [0.717, 1.165) is 22.4 Å². The molecule has 0 radical (unpaired) electrons. The molecule has 0 saturated carbocycles. The zero-order valence-corrected chi connectivity index (χ0v) is 20.7. The smallest absolute Gasteiger partial charge is 0.244 e. The topological polar surface area (TPSA) is 97.0 Å². The highest BCUT2D eigenvalue weighted by molar-refractivity contribution is 9.11. The minimum absolute atomic E-state index is 0.0384. The Labute approximate surface area is 205 Å². The minimum atomic E-state index is -0.431. The summed E-state index contributed by atoms with van der Waals surface area (Å²) in [7, 11) is 0. The molecule has 0 saturated heterocycles. The first-order chi connectivity index (χ1) is 14.8. The molecule has 3 aromatic rings. The first-order valence-corrected chi connectivity index (χ1v) is 11.3. The first kappa shape index (κ1) is 22.0. The molecule has 4 rings (SSSR count). The van der Waals surface area contributed by atoms with Crippen LogP contribution in [-0.4, -0.2) is 10.2 Å². The van der Waals surface area contributed by atoms with Crippen LogP contribution in [0.25, 0.3) is 0 Å². The Hall–Kier alpha value is -2.18. The molecular formula is C21H14Br2Cl2N4O2. The summed E-state index contributed by atoms with van der Waals surface area (Å²) >= 11 is 19.4. The van der Waals surface area contributed by atoms with E-state index in [-0.39, 0.29) is 12.5 Å². The van der Waals surface area contributed by atoms with Crippen LogP contribution in [0.3, 0.4) is 0 Å². The lowest BCUT2D eigenvalue weighted by Gasteiger charge is -2.24. The average molecular weight is 585 g/mol. The van der Waals surface area contributed by atoms with Gasteiger partial charge in [0, 0.05) is 26.9 Å². The van der Waals surface area contributed by atoms with E-state index in [2.05, 4.69) is 48.1 Å². The fourth-order valence-electron chi connectivity index (χ4n) is 3.40. The van der Waals surface area contributed by atoms with Crippen molar-refractivity contribution in [1.82, 2.24) is 10.2 Å². The summed E-state index contributed by atoms with van der Waals surface area (Å²) in [4.78, 5) is 0. The Balaban J connectivity index is 1.70. The standard InChI is InChI=1S/C21H14Br2Cl2N4O2/c1-9-17-18(13(7-26)20(27)31-21(17)29-28-9)11-4-14(22)19(15(23)5-11)30-8-10-2-3-12(24)6-16(10)25/h2-6,18H,8,27H2,1H3,(H,28,29)/t18-/m0/s1. The summed E-state index contributed by atoms with van der Waals surface area (Å²) in [6.07, 6.45) is 0. The van der Waals surface area contributed by atoms with Crippen LogP contribution in [0.2, 0.25) is 10.0 Å². The molecule has 0 bridgehead atoms. The van der Waals surface area contributed by atoms with E-state index in [9.17, 15) is 5.26 Å². The van der Waals surface area contributed by atoms with E-state index >= 15 is 0 Å². The molecule has 1 aromatic heterocycles. The van der Waals surface area contributed by atoms with Crippen LogP contribution in [0, 0.1) is 18.3 Å². The average Bonchev–Trinajstić information content (AvgIpc) is 3.07. The predicted octanol–water partition coefficient (Wildman–Crippen LogP) is 6.35. The lowest BCUT2D eigenvalue weighted by atomic mass is 9.84. The van der Waals surface area contributed by atoms with Gasteiger partial charge in [-0.05, 0) is 68.6 Å². The number of aromatic nitrogens is 2. The van der Waals surface area contributed by atoms with E-state index in [1.807, 2.05) is 25.1 Å². The zero-order valence-electron chi connectivity index (χ0n) is 16.0. The Bertz CT molecular complexity index is 1240. The van der Waals surface area contributed by atoms with Crippen molar-refractivity contribution in [3.63, 3.8) is 0 Å². The van der Waals surface area contributed by atoms with Gasteiger partial charge in [0.05, 0.1) is 14.9 Å². The van der Waals surface area contributed by atoms with E-state index in [0.29, 0.717) is 36.2 Å². The fourth-order valence-corrected chi connectivity index (χ4v) is 5.32. The van der Waals surface area contributed by atoms with Gasteiger partial charge in [-0.1, -0.05) is 29.3 Å². The summed E-state index contributed by atoms with van der Waals surface area (Å²) in [6.45, 7) is 2.13. The van der Waals surface area contributed by atoms with Crippen molar-refractivity contribution >= 4 is 55.1 Å². The highest BCUT2D eigenvalue weighted by atomic mass is 79.9. The highest BCUT2D eigenvalue weighted by Gasteiger charge is 2.34. The van der Waals surface area contributed by atoms with Crippen molar-refractivity contribution in [2.75, 3.05) is 0 Å². The fraction of sp³-hybridized carbons (Fsp3) is 0.143. The molecule has 31 heavy (non-hydrogen) atoms. The Kier molecular flexibility index (Phi) is 6.22. The molecule has 0 spiro atoms. The quantitative estimate of drug-likeness (QED) is 0.373. The molecule has 0 amide bonds. The number of halogens is 4. The molecule has 2 heterocycles. The highest BCUT2D eigenvalue weighted by Crippen LogP contribution is 2.46. The molecule has 1 atom stereocenters. The Morgan fingerprint density at radius 3 is 2.61 bits per heavy atom. The van der Waals surface area contributed by atoms with Gasteiger partial charge in [-0.3, -0.25) is 5.10 Å². The number of hydrogen-bond acceptors (Lipinski definition) is 5. The molecule has 10 heteroatoms. The van der Waals surface area contributed by atoms with E-state index < -0.39 is 5.92 Å². The van der Waals surface area contributed by atoms with Crippen LogP contribution < -0.4 is 15.2 Å². The molecule has 6 nitrogen and oxygen atoms in total. The van der Waals surface area contributed by atoms with Crippen LogP contribution >= 0.6 is 55.1 Å². The van der Waals surface area contributed by atoms with Crippen molar-refractivity contribution in [2.45, 2.75) is 19.4 Å². The third-order valence-corrected chi connectivity index (χ3v) is 6.64. The number of allylic oxidation sites excluding steroid dienone is 1. The number of nitriles is 1. The van der Waals surface area contributed by atoms with Gasteiger partial charge in [-0.2, -0.15) is 5.26 Å². The van der Waals surface area contributed by atoms with Gasteiger partial charge in [0.2, 0.25) is 11.8 Å². The molecule has 1 aliphatic rings. The van der Waals surface area contributed by atoms with Gasteiger partial charge in [0.15, 0.2) is 0 Å². The van der Waals surface area contributed by atoms with E-state index in [1.165, 1.54) is 0 Å². The second-order valence-electron chi connectivity index (χ2n) is 6.83. The largest absolute Gasteiger partial charge is 0.486 e. The van der Waals surface area contributed by atoms with Crippen LogP contribution in [0.5, 0.6) is 11.6 Å². The zero-order chi connectivity index (χ0) is 22.3. The molecule has 0 fully saturated rings. The number of nitrogens with one attached hydrogen (secondary N) is 1. The Morgan fingerprint density at radius 1 is 1.26 bits per heavy atom. The van der Waals surface area contributed by atoms with Crippen molar-refractivity contribution in [3.05, 3.63) is 83.2 Å². The van der Waals surface area contributed by atoms with Gasteiger partial charge in [-0.25, -0.2) is 0 Å². The number of aromatic amines is 1. The maximum atomic E-state index is 9.73. The maximum Gasteiger partial charge on any atom is 0.244 e. The lowest BCUT2D eigenvalue weighted by Crippen LogP contribution is -2.21. The number of nitrogens with two attached hydrogens (primary N) is 1. The van der Waals surface area contributed by atoms with Gasteiger partial charge in [0.25, 0.3) is 0 Å². The molecule has 158 valence electrons. The predicted molar refractivity (Wildman–Crippen MR) is 125 cm³/mol.